The number of aliphatic hydroxyl groups excluding tert-OH is 1. The van der Waals surface area contributed by atoms with Crippen molar-refractivity contribution in [2.75, 3.05) is 0 Å². The molecule has 3 rings (SSSR count). The molecular formula is C15H10FNO4. The van der Waals surface area contributed by atoms with Gasteiger partial charge in [-0.25, -0.2) is 4.39 Å². The van der Waals surface area contributed by atoms with Crippen molar-refractivity contribution in [3.63, 3.8) is 0 Å². The highest BCUT2D eigenvalue weighted by Gasteiger charge is 2.38. The molecule has 0 spiro atoms. The van der Waals surface area contributed by atoms with E-state index in [9.17, 15) is 19.1 Å². The van der Waals surface area contributed by atoms with Crippen LogP contribution in [-0.4, -0.2) is 16.8 Å². The number of Topliss-reactive ketones (excluding diaryl/α,β-unsaturated/α-hetero) is 1. The number of ketones is 1. The molecule has 1 amide bonds. The van der Waals surface area contributed by atoms with Crippen LogP contribution in [0.25, 0.3) is 0 Å². The van der Waals surface area contributed by atoms with Gasteiger partial charge < -0.3 is 14.8 Å². The van der Waals surface area contributed by atoms with Crippen LogP contribution in [0.3, 0.4) is 0 Å². The highest BCUT2D eigenvalue weighted by molar-refractivity contribution is 6.14. The summed E-state index contributed by atoms with van der Waals surface area (Å²) in [5, 5.41) is 12.3. The Morgan fingerprint density at radius 3 is 2.57 bits per heavy atom. The third kappa shape index (κ3) is 2.20. The minimum absolute atomic E-state index is 0.0140. The second kappa shape index (κ2) is 4.90. The van der Waals surface area contributed by atoms with Gasteiger partial charge in [-0.15, -0.1) is 0 Å². The van der Waals surface area contributed by atoms with Crippen LogP contribution in [0, 0.1) is 5.82 Å². The van der Waals surface area contributed by atoms with E-state index in [1.165, 1.54) is 42.7 Å². The van der Waals surface area contributed by atoms with Gasteiger partial charge in [0.1, 0.15) is 5.82 Å². The molecule has 0 fully saturated rings. The number of hydrogen-bond donors (Lipinski definition) is 2. The van der Waals surface area contributed by atoms with Crippen LogP contribution in [-0.2, 0) is 4.79 Å². The van der Waals surface area contributed by atoms with Gasteiger partial charge in [-0.3, -0.25) is 9.59 Å². The smallest absolute Gasteiger partial charge is 0.287 e. The Balaban J connectivity index is 2.03. The van der Waals surface area contributed by atoms with Crippen LogP contribution in [0.15, 0.2) is 58.4 Å². The summed E-state index contributed by atoms with van der Waals surface area (Å²) in [6.45, 7) is 0. The van der Waals surface area contributed by atoms with Gasteiger partial charge in [-0.2, -0.15) is 0 Å². The molecule has 6 heteroatoms. The summed E-state index contributed by atoms with van der Waals surface area (Å²) in [7, 11) is 0. The number of rotatable bonds is 3. The second-order valence-corrected chi connectivity index (χ2v) is 4.53. The molecule has 2 N–H and O–H groups in total. The highest BCUT2D eigenvalue weighted by atomic mass is 19.1. The zero-order valence-corrected chi connectivity index (χ0v) is 10.7. The Morgan fingerprint density at radius 2 is 1.95 bits per heavy atom. The van der Waals surface area contributed by atoms with Gasteiger partial charge in [0, 0.05) is 0 Å². The zero-order valence-electron chi connectivity index (χ0n) is 10.7. The lowest BCUT2D eigenvalue weighted by atomic mass is 9.96. The Morgan fingerprint density at radius 1 is 1.24 bits per heavy atom. The van der Waals surface area contributed by atoms with Crippen LogP contribution in [0.1, 0.15) is 22.2 Å². The predicted molar refractivity (Wildman–Crippen MR) is 70.0 cm³/mol. The molecule has 0 bridgehead atoms. The van der Waals surface area contributed by atoms with Crippen LogP contribution in [0.2, 0.25) is 0 Å². The number of aliphatic hydroxyl groups is 1. The number of nitrogens with one attached hydrogen (secondary N) is 1. The Kier molecular flexibility index (Phi) is 3.06. The lowest BCUT2D eigenvalue weighted by Gasteiger charge is -2.13. The lowest BCUT2D eigenvalue weighted by Crippen LogP contribution is -2.23. The average Bonchev–Trinajstić information content (AvgIpc) is 3.09. The van der Waals surface area contributed by atoms with Crippen molar-refractivity contribution in [1.29, 1.82) is 0 Å². The SMILES string of the molecule is O=C1NC(c2ccc(F)cc2)C(C(=O)c2ccco2)=C1O. The number of furan rings is 1. The molecule has 0 saturated carbocycles. The maximum Gasteiger partial charge on any atom is 0.287 e. The highest BCUT2D eigenvalue weighted by Crippen LogP contribution is 2.31. The molecule has 1 aromatic carbocycles. The molecule has 21 heavy (non-hydrogen) atoms. The molecule has 1 unspecified atom stereocenters. The Bertz CT molecular complexity index is 732. The minimum Gasteiger partial charge on any atom is -0.503 e. The first kappa shape index (κ1) is 13.1. The predicted octanol–water partition coefficient (Wildman–Crippen LogP) is 2.28. The molecule has 5 nitrogen and oxygen atoms in total. The van der Waals surface area contributed by atoms with E-state index in [1.807, 2.05) is 0 Å². The summed E-state index contributed by atoms with van der Waals surface area (Å²) < 4.78 is 18.0. The lowest BCUT2D eigenvalue weighted by molar-refractivity contribution is -0.119. The normalized spacial score (nSPS) is 18.0. The monoisotopic (exact) mass is 287 g/mol. The zero-order chi connectivity index (χ0) is 15.0. The van der Waals surface area contributed by atoms with Crippen molar-refractivity contribution in [2.45, 2.75) is 6.04 Å². The molecule has 106 valence electrons. The molecule has 1 aliphatic heterocycles. The molecule has 2 heterocycles. The Hall–Kier alpha value is -2.89. The number of hydrogen-bond acceptors (Lipinski definition) is 4. The van der Waals surface area contributed by atoms with E-state index in [0.717, 1.165) is 0 Å². The summed E-state index contributed by atoms with van der Waals surface area (Å²) in [4.78, 5) is 24.0. The molecule has 2 aromatic rings. The number of halogens is 1. The summed E-state index contributed by atoms with van der Waals surface area (Å²) in [6, 6.07) is 7.44. The fourth-order valence-electron chi connectivity index (χ4n) is 2.22. The van der Waals surface area contributed by atoms with Crippen LogP contribution in [0.5, 0.6) is 0 Å². The van der Waals surface area contributed by atoms with E-state index in [1.54, 1.807) is 0 Å². The first-order valence-corrected chi connectivity index (χ1v) is 6.15. The molecular weight excluding hydrogens is 277 g/mol. The van der Waals surface area contributed by atoms with Crippen molar-refractivity contribution < 1.29 is 23.5 Å². The summed E-state index contributed by atoms with van der Waals surface area (Å²) in [6.07, 6.45) is 1.32. The van der Waals surface area contributed by atoms with E-state index in [4.69, 9.17) is 4.42 Å². The summed E-state index contributed by atoms with van der Waals surface area (Å²) in [5.74, 6) is -2.41. The molecule has 0 aliphatic carbocycles. The third-order valence-corrected chi connectivity index (χ3v) is 3.23. The van der Waals surface area contributed by atoms with Crippen LogP contribution in [0.4, 0.5) is 4.39 Å². The summed E-state index contributed by atoms with van der Waals surface area (Å²) in [5.41, 5.74) is 0.380. The quantitative estimate of drug-likeness (QED) is 0.849. The average molecular weight is 287 g/mol. The van der Waals surface area contributed by atoms with Gasteiger partial charge in [0.05, 0.1) is 17.9 Å². The second-order valence-electron chi connectivity index (χ2n) is 4.53. The van der Waals surface area contributed by atoms with E-state index in [0.29, 0.717) is 5.56 Å². The van der Waals surface area contributed by atoms with Crippen molar-refractivity contribution in [3.05, 3.63) is 71.1 Å². The maximum atomic E-state index is 13.0. The topological polar surface area (TPSA) is 79.5 Å². The molecule has 1 atom stereocenters. The van der Waals surface area contributed by atoms with Crippen LogP contribution < -0.4 is 5.32 Å². The van der Waals surface area contributed by atoms with E-state index in [2.05, 4.69) is 5.32 Å². The van der Waals surface area contributed by atoms with Gasteiger partial charge in [0.15, 0.2) is 11.5 Å². The standard InChI is InChI=1S/C15H10FNO4/c16-9-5-3-8(4-6-9)12-11(14(19)15(20)17-12)13(18)10-2-1-7-21-10/h1-7,12,19H,(H,17,20). The first-order chi connectivity index (χ1) is 10.1. The van der Waals surface area contributed by atoms with Gasteiger partial charge in [0.25, 0.3) is 5.91 Å². The number of benzene rings is 1. The molecule has 1 aromatic heterocycles. The van der Waals surface area contributed by atoms with Gasteiger partial charge in [-0.1, -0.05) is 12.1 Å². The molecule has 0 radical (unpaired) electrons. The fourth-order valence-corrected chi connectivity index (χ4v) is 2.22. The number of amides is 1. The molecule has 0 saturated heterocycles. The van der Waals surface area contributed by atoms with Crippen LogP contribution >= 0.6 is 0 Å². The maximum absolute atomic E-state index is 13.0. The largest absolute Gasteiger partial charge is 0.503 e. The van der Waals surface area contributed by atoms with Crippen molar-refractivity contribution in [3.8, 4) is 0 Å². The summed E-state index contributed by atoms with van der Waals surface area (Å²) >= 11 is 0. The van der Waals surface area contributed by atoms with Gasteiger partial charge in [0.2, 0.25) is 5.78 Å². The number of carbonyl (C=O) groups is 2. The van der Waals surface area contributed by atoms with Crippen molar-refractivity contribution >= 4 is 11.7 Å². The Labute approximate surface area is 118 Å². The number of carbonyl (C=O) groups excluding carboxylic acids is 2. The van der Waals surface area contributed by atoms with E-state index in [-0.39, 0.29) is 11.3 Å². The first-order valence-electron chi connectivity index (χ1n) is 6.15. The van der Waals surface area contributed by atoms with Gasteiger partial charge in [-0.05, 0) is 29.8 Å². The van der Waals surface area contributed by atoms with E-state index >= 15 is 0 Å². The minimum atomic E-state index is -0.837. The fraction of sp³-hybridized carbons (Fsp3) is 0.0667. The van der Waals surface area contributed by atoms with E-state index < -0.39 is 29.3 Å². The van der Waals surface area contributed by atoms with Crippen molar-refractivity contribution in [2.24, 2.45) is 0 Å². The van der Waals surface area contributed by atoms with Gasteiger partial charge >= 0.3 is 0 Å². The van der Waals surface area contributed by atoms with Crippen molar-refractivity contribution in [1.82, 2.24) is 5.32 Å². The molecule has 1 aliphatic rings. The third-order valence-electron chi connectivity index (χ3n) is 3.23.